The first-order valence-corrected chi connectivity index (χ1v) is 7.53. The van der Waals surface area contributed by atoms with Gasteiger partial charge in [-0.1, -0.05) is 0 Å². The van der Waals surface area contributed by atoms with Crippen LogP contribution in [0.2, 0.25) is 0 Å². The molecule has 1 unspecified atom stereocenters. The standard InChI is InChI=1S/C13H23N3OS/c1-4-16(9-11-6-5-7-17-11)13-15-10(2)12(18-13)8-14-3/h11,14H,4-9H2,1-3H3. The van der Waals surface area contributed by atoms with Gasteiger partial charge in [0, 0.05) is 31.1 Å². The summed E-state index contributed by atoms with van der Waals surface area (Å²) in [6.07, 6.45) is 2.77. The van der Waals surface area contributed by atoms with E-state index >= 15 is 0 Å². The second kappa shape index (κ2) is 6.50. The van der Waals surface area contributed by atoms with E-state index in [1.165, 1.54) is 17.7 Å². The third kappa shape index (κ3) is 3.22. The van der Waals surface area contributed by atoms with Crippen molar-refractivity contribution in [2.24, 2.45) is 0 Å². The van der Waals surface area contributed by atoms with Crippen molar-refractivity contribution < 1.29 is 4.74 Å². The number of ether oxygens (including phenoxy) is 1. The Morgan fingerprint density at radius 3 is 3.00 bits per heavy atom. The smallest absolute Gasteiger partial charge is 0.185 e. The number of rotatable bonds is 6. The van der Waals surface area contributed by atoms with E-state index in [1.54, 1.807) is 11.3 Å². The molecule has 0 aliphatic carbocycles. The van der Waals surface area contributed by atoms with E-state index < -0.39 is 0 Å². The molecule has 1 saturated heterocycles. The monoisotopic (exact) mass is 269 g/mol. The summed E-state index contributed by atoms with van der Waals surface area (Å²) in [5.74, 6) is 0. The zero-order chi connectivity index (χ0) is 13.0. The first-order valence-electron chi connectivity index (χ1n) is 6.72. The van der Waals surface area contributed by atoms with Crippen molar-refractivity contribution in [1.29, 1.82) is 0 Å². The van der Waals surface area contributed by atoms with Crippen LogP contribution in [0.1, 0.15) is 30.3 Å². The van der Waals surface area contributed by atoms with E-state index in [9.17, 15) is 0 Å². The minimum Gasteiger partial charge on any atom is -0.376 e. The van der Waals surface area contributed by atoms with Crippen LogP contribution >= 0.6 is 11.3 Å². The van der Waals surface area contributed by atoms with Gasteiger partial charge in [-0.05, 0) is 33.7 Å². The van der Waals surface area contributed by atoms with Crippen LogP contribution in [-0.2, 0) is 11.3 Å². The van der Waals surface area contributed by atoms with E-state index in [4.69, 9.17) is 9.72 Å². The van der Waals surface area contributed by atoms with E-state index in [1.807, 2.05) is 7.05 Å². The molecule has 1 aliphatic heterocycles. The van der Waals surface area contributed by atoms with Gasteiger partial charge in [0.1, 0.15) is 0 Å². The van der Waals surface area contributed by atoms with E-state index in [-0.39, 0.29) is 0 Å². The van der Waals surface area contributed by atoms with Crippen LogP contribution in [0, 0.1) is 6.92 Å². The summed E-state index contributed by atoms with van der Waals surface area (Å²) < 4.78 is 5.71. The Labute approximate surface area is 113 Å². The highest BCUT2D eigenvalue weighted by Gasteiger charge is 2.21. The van der Waals surface area contributed by atoms with Gasteiger partial charge >= 0.3 is 0 Å². The fourth-order valence-electron chi connectivity index (χ4n) is 2.25. The fraction of sp³-hybridized carbons (Fsp3) is 0.769. The molecule has 0 saturated carbocycles. The Kier molecular flexibility index (Phi) is 4.97. The maximum Gasteiger partial charge on any atom is 0.185 e. The second-order valence-electron chi connectivity index (χ2n) is 4.71. The summed E-state index contributed by atoms with van der Waals surface area (Å²) in [7, 11) is 1.97. The fourth-order valence-corrected chi connectivity index (χ4v) is 3.39. The summed E-state index contributed by atoms with van der Waals surface area (Å²) in [5, 5.41) is 4.33. The molecular weight excluding hydrogens is 246 g/mol. The molecule has 1 fully saturated rings. The molecule has 2 rings (SSSR count). The molecule has 0 spiro atoms. The van der Waals surface area contributed by atoms with E-state index in [0.29, 0.717) is 6.10 Å². The molecule has 4 nitrogen and oxygen atoms in total. The Morgan fingerprint density at radius 1 is 1.56 bits per heavy atom. The summed E-state index contributed by atoms with van der Waals surface area (Å²) >= 11 is 1.80. The average molecular weight is 269 g/mol. The summed E-state index contributed by atoms with van der Waals surface area (Å²) in [5.41, 5.74) is 1.15. The number of nitrogens with one attached hydrogen (secondary N) is 1. The number of aryl methyl sites for hydroxylation is 1. The Balaban J connectivity index is 2.04. The van der Waals surface area contributed by atoms with Crippen molar-refractivity contribution >= 4 is 16.5 Å². The molecule has 102 valence electrons. The van der Waals surface area contributed by atoms with Gasteiger partial charge in [0.05, 0.1) is 11.8 Å². The summed E-state index contributed by atoms with van der Waals surface area (Å²) in [6, 6.07) is 0. The highest BCUT2D eigenvalue weighted by atomic mass is 32.1. The predicted molar refractivity (Wildman–Crippen MR) is 76.5 cm³/mol. The highest BCUT2D eigenvalue weighted by molar-refractivity contribution is 7.15. The van der Waals surface area contributed by atoms with Crippen LogP contribution in [0.4, 0.5) is 5.13 Å². The molecule has 1 aromatic rings. The summed E-state index contributed by atoms with van der Waals surface area (Å²) in [6.45, 7) is 8.06. The number of nitrogens with zero attached hydrogens (tertiary/aromatic N) is 2. The lowest BCUT2D eigenvalue weighted by Crippen LogP contribution is -2.31. The minimum absolute atomic E-state index is 0.391. The summed E-state index contributed by atoms with van der Waals surface area (Å²) in [4.78, 5) is 8.36. The molecule has 2 heterocycles. The van der Waals surface area contributed by atoms with Crippen molar-refractivity contribution in [2.45, 2.75) is 39.3 Å². The number of aromatic nitrogens is 1. The number of hydrogen-bond donors (Lipinski definition) is 1. The molecule has 1 atom stereocenters. The van der Waals surface area contributed by atoms with Crippen LogP contribution in [0.15, 0.2) is 0 Å². The van der Waals surface area contributed by atoms with Crippen LogP contribution in [0.3, 0.4) is 0 Å². The molecule has 0 bridgehead atoms. The number of likely N-dealkylation sites (N-methyl/N-ethyl adjacent to an activating group) is 1. The number of hydrogen-bond acceptors (Lipinski definition) is 5. The topological polar surface area (TPSA) is 37.4 Å². The van der Waals surface area contributed by atoms with Crippen molar-refractivity contribution in [1.82, 2.24) is 10.3 Å². The van der Waals surface area contributed by atoms with Gasteiger partial charge < -0.3 is 15.0 Å². The van der Waals surface area contributed by atoms with Crippen molar-refractivity contribution in [3.05, 3.63) is 10.6 Å². The molecular formula is C13H23N3OS. The van der Waals surface area contributed by atoms with Crippen molar-refractivity contribution in [3.8, 4) is 0 Å². The Hall–Kier alpha value is -0.650. The zero-order valence-electron chi connectivity index (χ0n) is 11.5. The SMILES string of the molecule is CCN(CC1CCCO1)c1nc(C)c(CNC)s1. The van der Waals surface area contributed by atoms with E-state index in [0.717, 1.165) is 37.1 Å². The lowest BCUT2D eigenvalue weighted by atomic mass is 10.2. The maximum absolute atomic E-state index is 5.71. The van der Waals surface area contributed by atoms with Crippen molar-refractivity contribution in [2.75, 3.05) is 31.6 Å². The van der Waals surface area contributed by atoms with Gasteiger partial charge in [-0.25, -0.2) is 4.98 Å². The molecule has 0 radical (unpaired) electrons. The lowest BCUT2D eigenvalue weighted by Gasteiger charge is -2.23. The molecule has 0 aromatic carbocycles. The Morgan fingerprint density at radius 2 is 2.39 bits per heavy atom. The van der Waals surface area contributed by atoms with Crippen LogP contribution in [0.5, 0.6) is 0 Å². The van der Waals surface area contributed by atoms with E-state index in [2.05, 4.69) is 24.1 Å². The van der Waals surface area contributed by atoms with Crippen LogP contribution < -0.4 is 10.2 Å². The zero-order valence-corrected chi connectivity index (χ0v) is 12.3. The first kappa shape index (κ1) is 13.8. The molecule has 5 heteroatoms. The van der Waals surface area contributed by atoms with Crippen LogP contribution in [0.25, 0.3) is 0 Å². The van der Waals surface area contributed by atoms with Gasteiger partial charge in [0.2, 0.25) is 0 Å². The normalized spacial score (nSPS) is 19.4. The quantitative estimate of drug-likeness (QED) is 0.859. The van der Waals surface area contributed by atoms with Gasteiger partial charge in [0.25, 0.3) is 0 Å². The lowest BCUT2D eigenvalue weighted by molar-refractivity contribution is 0.115. The third-order valence-corrected chi connectivity index (χ3v) is 4.54. The van der Waals surface area contributed by atoms with Gasteiger partial charge in [0.15, 0.2) is 5.13 Å². The number of anilines is 1. The minimum atomic E-state index is 0.391. The van der Waals surface area contributed by atoms with Crippen LogP contribution in [-0.4, -0.2) is 37.8 Å². The molecule has 1 aromatic heterocycles. The largest absolute Gasteiger partial charge is 0.376 e. The third-order valence-electron chi connectivity index (χ3n) is 3.32. The second-order valence-corrected chi connectivity index (χ2v) is 5.77. The maximum atomic E-state index is 5.71. The van der Waals surface area contributed by atoms with Gasteiger partial charge in [-0.15, -0.1) is 11.3 Å². The average Bonchev–Trinajstić information content (AvgIpc) is 2.97. The molecule has 1 aliphatic rings. The van der Waals surface area contributed by atoms with Gasteiger partial charge in [-0.2, -0.15) is 0 Å². The molecule has 18 heavy (non-hydrogen) atoms. The molecule has 1 N–H and O–H groups in total. The number of thiazole rings is 1. The Bertz CT molecular complexity index is 374. The predicted octanol–water partition coefficient (Wildman–Crippen LogP) is 2.18. The first-order chi connectivity index (χ1) is 8.74. The highest BCUT2D eigenvalue weighted by Crippen LogP contribution is 2.27. The van der Waals surface area contributed by atoms with Crippen molar-refractivity contribution in [3.63, 3.8) is 0 Å². The van der Waals surface area contributed by atoms with Gasteiger partial charge in [-0.3, -0.25) is 0 Å². The molecule has 0 amide bonds.